The smallest absolute Gasteiger partial charge is 0.310 e. The molecule has 1 unspecified atom stereocenters. The lowest BCUT2D eigenvalue weighted by Crippen LogP contribution is -2.22. The first-order valence-electron chi connectivity index (χ1n) is 7.48. The molecule has 4 nitrogen and oxygen atoms in total. The number of benzene rings is 1. The Morgan fingerprint density at radius 1 is 1.10 bits per heavy atom. The molecule has 2 rings (SSSR count). The van der Waals surface area contributed by atoms with Crippen molar-refractivity contribution >= 4 is 11.0 Å². The number of nitrogens with zero attached hydrogens (tertiary/aromatic N) is 2. The lowest BCUT2D eigenvalue weighted by molar-refractivity contribution is 0.494. The highest BCUT2D eigenvalue weighted by molar-refractivity contribution is 5.77. The van der Waals surface area contributed by atoms with Crippen molar-refractivity contribution in [3.8, 4) is 0 Å². The van der Waals surface area contributed by atoms with Gasteiger partial charge in [-0.1, -0.05) is 26.3 Å². The third kappa shape index (κ3) is 2.66. The van der Waals surface area contributed by atoms with E-state index in [0.717, 1.165) is 36.8 Å². The van der Waals surface area contributed by atoms with Crippen LogP contribution in [0.15, 0.2) is 23.0 Å². The van der Waals surface area contributed by atoms with Gasteiger partial charge in [-0.25, -0.2) is 4.79 Å². The first-order chi connectivity index (χ1) is 9.60. The Balaban J connectivity index is 2.43. The molecule has 110 valence electrons. The average molecular weight is 275 g/mol. The predicted molar refractivity (Wildman–Crippen MR) is 84.1 cm³/mol. The molecule has 0 radical (unpaired) electrons. The van der Waals surface area contributed by atoms with Crippen LogP contribution < -0.4 is 11.0 Å². The lowest BCUT2D eigenvalue weighted by atomic mass is 10.0. The van der Waals surface area contributed by atoms with Crippen molar-refractivity contribution in [2.24, 2.45) is 14.1 Å². The number of imidazole rings is 1. The van der Waals surface area contributed by atoms with Gasteiger partial charge in [-0.2, -0.15) is 0 Å². The topological polar surface area (TPSA) is 39.0 Å². The summed E-state index contributed by atoms with van der Waals surface area (Å²) in [6, 6.07) is 6.73. The molecule has 0 aliphatic rings. The molecule has 1 heterocycles. The second kappa shape index (κ2) is 6.27. The minimum atomic E-state index is 0.0331. The molecular weight excluding hydrogens is 250 g/mol. The molecule has 2 aromatic rings. The fourth-order valence-electron chi connectivity index (χ4n) is 2.73. The Morgan fingerprint density at radius 3 is 2.45 bits per heavy atom. The zero-order valence-electron chi connectivity index (χ0n) is 12.9. The van der Waals surface area contributed by atoms with Crippen LogP contribution in [0, 0.1) is 0 Å². The summed E-state index contributed by atoms with van der Waals surface area (Å²) in [5, 5.41) is 3.60. The van der Waals surface area contributed by atoms with Gasteiger partial charge < -0.3 is 5.32 Å². The molecule has 20 heavy (non-hydrogen) atoms. The molecule has 1 atom stereocenters. The van der Waals surface area contributed by atoms with Crippen molar-refractivity contribution in [2.45, 2.75) is 39.2 Å². The van der Waals surface area contributed by atoms with Gasteiger partial charge in [0.25, 0.3) is 0 Å². The van der Waals surface area contributed by atoms with Gasteiger partial charge in [-0.05, 0) is 37.1 Å². The average Bonchev–Trinajstić information content (AvgIpc) is 2.68. The number of aryl methyl sites for hydroxylation is 2. The monoisotopic (exact) mass is 275 g/mol. The summed E-state index contributed by atoms with van der Waals surface area (Å²) in [5.74, 6) is 0. The Labute approximate surface area is 120 Å². The summed E-state index contributed by atoms with van der Waals surface area (Å²) in [6.45, 7) is 5.41. The highest BCUT2D eigenvalue weighted by atomic mass is 16.1. The Bertz CT molecular complexity index is 639. The van der Waals surface area contributed by atoms with Crippen LogP contribution in [0.4, 0.5) is 0 Å². The molecule has 0 spiro atoms. The number of nitrogens with one attached hydrogen (secondary N) is 1. The van der Waals surface area contributed by atoms with E-state index in [0.29, 0.717) is 6.04 Å². The summed E-state index contributed by atoms with van der Waals surface area (Å²) >= 11 is 0. The maximum atomic E-state index is 12.0. The van der Waals surface area contributed by atoms with Crippen LogP contribution in [0.3, 0.4) is 0 Å². The molecule has 0 fully saturated rings. The number of fused-ring (bicyclic) bond motifs is 1. The maximum Gasteiger partial charge on any atom is 0.328 e. The number of hydrogen-bond donors (Lipinski definition) is 1. The molecule has 1 aromatic carbocycles. The van der Waals surface area contributed by atoms with Gasteiger partial charge in [0.1, 0.15) is 0 Å². The van der Waals surface area contributed by atoms with Crippen molar-refractivity contribution < 1.29 is 0 Å². The number of rotatable bonds is 6. The standard InChI is InChI=1S/C16H25N3O/c1-5-7-13(17-10-6-2)12-8-9-14-15(11-12)19(4)16(20)18(14)3/h8-9,11,13,17H,5-7,10H2,1-4H3. The van der Waals surface area contributed by atoms with Crippen LogP contribution in [0.1, 0.15) is 44.7 Å². The van der Waals surface area contributed by atoms with E-state index in [4.69, 9.17) is 0 Å². The zero-order valence-corrected chi connectivity index (χ0v) is 12.9. The third-order valence-electron chi connectivity index (χ3n) is 3.92. The molecule has 4 heteroatoms. The first kappa shape index (κ1) is 14.9. The molecule has 1 N–H and O–H groups in total. The summed E-state index contributed by atoms with van der Waals surface area (Å²) < 4.78 is 3.43. The van der Waals surface area contributed by atoms with Crippen LogP contribution in [0.2, 0.25) is 0 Å². The molecule has 1 aromatic heterocycles. The van der Waals surface area contributed by atoms with Gasteiger partial charge in [0.15, 0.2) is 0 Å². The molecule has 0 amide bonds. The number of aromatic nitrogens is 2. The minimum Gasteiger partial charge on any atom is -0.310 e. The highest BCUT2D eigenvalue weighted by Gasteiger charge is 2.13. The van der Waals surface area contributed by atoms with Crippen molar-refractivity contribution in [1.29, 1.82) is 0 Å². The normalized spacial score (nSPS) is 13.0. The summed E-state index contributed by atoms with van der Waals surface area (Å²) in [7, 11) is 3.66. The fourth-order valence-corrected chi connectivity index (χ4v) is 2.73. The van der Waals surface area contributed by atoms with Gasteiger partial charge in [-0.3, -0.25) is 9.13 Å². The van der Waals surface area contributed by atoms with Gasteiger partial charge >= 0.3 is 5.69 Å². The third-order valence-corrected chi connectivity index (χ3v) is 3.92. The van der Waals surface area contributed by atoms with E-state index in [2.05, 4.69) is 37.4 Å². The molecule has 0 saturated carbocycles. The predicted octanol–water partition coefficient (Wildman–Crippen LogP) is 2.72. The molecule has 0 aliphatic heterocycles. The second-order valence-electron chi connectivity index (χ2n) is 5.44. The van der Waals surface area contributed by atoms with E-state index in [1.54, 1.807) is 9.13 Å². The Morgan fingerprint density at radius 2 is 1.80 bits per heavy atom. The van der Waals surface area contributed by atoms with E-state index in [1.807, 2.05) is 14.1 Å². The SMILES string of the molecule is CCCNC(CCC)c1ccc2c(c1)n(C)c(=O)n2C. The molecule has 0 bridgehead atoms. The van der Waals surface area contributed by atoms with E-state index in [-0.39, 0.29) is 5.69 Å². The van der Waals surface area contributed by atoms with Crippen LogP contribution in [0.25, 0.3) is 11.0 Å². The Kier molecular flexibility index (Phi) is 4.65. The van der Waals surface area contributed by atoms with Gasteiger partial charge in [0, 0.05) is 20.1 Å². The van der Waals surface area contributed by atoms with Crippen LogP contribution in [0.5, 0.6) is 0 Å². The van der Waals surface area contributed by atoms with Crippen molar-refractivity contribution in [3.63, 3.8) is 0 Å². The van der Waals surface area contributed by atoms with Crippen molar-refractivity contribution in [1.82, 2.24) is 14.5 Å². The Hall–Kier alpha value is -1.55. The van der Waals surface area contributed by atoms with Crippen molar-refractivity contribution in [3.05, 3.63) is 34.2 Å². The van der Waals surface area contributed by atoms with Gasteiger partial charge in [-0.15, -0.1) is 0 Å². The van der Waals surface area contributed by atoms with E-state index in [9.17, 15) is 4.79 Å². The van der Waals surface area contributed by atoms with Crippen LogP contribution >= 0.6 is 0 Å². The quantitative estimate of drug-likeness (QED) is 0.880. The highest BCUT2D eigenvalue weighted by Crippen LogP contribution is 2.22. The van der Waals surface area contributed by atoms with E-state index >= 15 is 0 Å². The largest absolute Gasteiger partial charge is 0.328 e. The molecule has 0 saturated heterocycles. The van der Waals surface area contributed by atoms with E-state index in [1.165, 1.54) is 5.56 Å². The zero-order chi connectivity index (χ0) is 14.7. The lowest BCUT2D eigenvalue weighted by Gasteiger charge is -2.18. The second-order valence-corrected chi connectivity index (χ2v) is 5.44. The van der Waals surface area contributed by atoms with Gasteiger partial charge in [0.2, 0.25) is 0 Å². The first-order valence-corrected chi connectivity index (χ1v) is 7.48. The summed E-state index contributed by atoms with van der Waals surface area (Å²) in [4.78, 5) is 12.0. The minimum absolute atomic E-state index is 0.0331. The van der Waals surface area contributed by atoms with Crippen molar-refractivity contribution in [2.75, 3.05) is 6.54 Å². The van der Waals surface area contributed by atoms with Gasteiger partial charge in [0.05, 0.1) is 11.0 Å². The molecule has 0 aliphatic carbocycles. The maximum absolute atomic E-state index is 12.0. The van der Waals surface area contributed by atoms with Crippen LogP contribution in [-0.2, 0) is 14.1 Å². The fraction of sp³-hybridized carbons (Fsp3) is 0.562. The summed E-state index contributed by atoms with van der Waals surface area (Å²) in [5.41, 5.74) is 3.31. The molecular formula is C16H25N3O. The van der Waals surface area contributed by atoms with Crippen LogP contribution in [-0.4, -0.2) is 15.7 Å². The summed E-state index contributed by atoms with van der Waals surface area (Å²) in [6.07, 6.45) is 3.39. The number of hydrogen-bond acceptors (Lipinski definition) is 2. The van der Waals surface area contributed by atoms with E-state index < -0.39 is 0 Å².